The SMILES string of the molecule is Cc1cc(C)c(B(c2cccc3ccccc23)c2cc3c4cccc5c4c(cc3c3ccccc23)-c2ccc(N(c3c(C)cc(C)cc3C)c3cc4ccccc4c4ccccc34)cc2O5)c(C)c1. The van der Waals surface area contributed by atoms with Crippen molar-refractivity contribution in [3.8, 4) is 22.6 Å². The standard InChI is InChI=1S/C66H50BNO/c1-39-31-41(3)65(42(4)32-39)67(59-27-15-19-45-17-7-10-21-49(45)59)60-38-57-55-26-16-28-62-64(55)58(37-56(57)51-23-11-13-24-52(51)60)54-30-29-47(36-63(54)69-62)68(66-43(5)33-40(2)34-44(66)6)61-35-46-18-8-9-20-48(46)50-22-12-14-25-53(50)61/h7-38H,1-6H3. The molecule has 13 rings (SSSR count). The molecule has 0 unspecified atom stereocenters. The molecule has 0 N–H and O–H groups in total. The molecule has 0 bridgehead atoms. The highest BCUT2D eigenvalue weighted by atomic mass is 16.5. The van der Waals surface area contributed by atoms with Gasteiger partial charge in [0.2, 0.25) is 6.71 Å². The van der Waals surface area contributed by atoms with E-state index in [-0.39, 0.29) is 6.71 Å². The monoisotopic (exact) mass is 883 g/mol. The van der Waals surface area contributed by atoms with Crippen LogP contribution in [0.4, 0.5) is 17.1 Å². The molecule has 0 amide bonds. The Labute approximate surface area is 404 Å². The van der Waals surface area contributed by atoms with Gasteiger partial charge in [-0.05, 0) is 142 Å². The van der Waals surface area contributed by atoms with Crippen molar-refractivity contribution in [3.63, 3.8) is 0 Å². The number of benzene rings is 12. The van der Waals surface area contributed by atoms with Gasteiger partial charge in [-0.25, -0.2) is 0 Å². The molecule has 0 saturated carbocycles. The minimum Gasteiger partial charge on any atom is -0.456 e. The first kappa shape index (κ1) is 41.1. The maximum atomic E-state index is 7.17. The highest BCUT2D eigenvalue weighted by molar-refractivity contribution is 6.98. The van der Waals surface area contributed by atoms with Gasteiger partial charge in [-0.3, -0.25) is 0 Å². The Morgan fingerprint density at radius 3 is 1.67 bits per heavy atom. The summed E-state index contributed by atoms with van der Waals surface area (Å²) in [5.74, 6) is 1.73. The second-order valence-corrected chi connectivity index (χ2v) is 19.6. The van der Waals surface area contributed by atoms with E-state index in [2.05, 4.69) is 241 Å². The Morgan fingerprint density at radius 1 is 0.362 bits per heavy atom. The fourth-order valence-corrected chi connectivity index (χ4v) is 12.4. The summed E-state index contributed by atoms with van der Waals surface area (Å²) >= 11 is 0. The van der Waals surface area contributed by atoms with E-state index < -0.39 is 0 Å². The molecule has 2 nitrogen and oxygen atoms in total. The molecule has 3 heteroatoms. The van der Waals surface area contributed by atoms with Gasteiger partial charge in [0, 0.05) is 28.1 Å². The zero-order valence-corrected chi connectivity index (χ0v) is 39.9. The van der Waals surface area contributed by atoms with Gasteiger partial charge in [0.1, 0.15) is 11.5 Å². The van der Waals surface area contributed by atoms with E-state index in [1.54, 1.807) is 0 Å². The first-order valence-corrected chi connectivity index (χ1v) is 24.3. The zero-order valence-electron chi connectivity index (χ0n) is 39.9. The summed E-state index contributed by atoms with van der Waals surface area (Å²) in [6.45, 7) is 13.5. The van der Waals surface area contributed by atoms with Crippen molar-refractivity contribution in [1.29, 1.82) is 0 Å². The number of hydrogen-bond donors (Lipinski definition) is 0. The third kappa shape index (κ3) is 6.41. The van der Waals surface area contributed by atoms with Crippen LogP contribution in [0.3, 0.4) is 0 Å². The van der Waals surface area contributed by atoms with Crippen molar-refractivity contribution in [2.75, 3.05) is 4.90 Å². The zero-order chi connectivity index (χ0) is 46.7. The van der Waals surface area contributed by atoms with E-state index in [1.807, 2.05) is 0 Å². The van der Waals surface area contributed by atoms with Gasteiger partial charge in [0.15, 0.2) is 0 Å². The Bertz CT molecular complexity index is 4090. The van der Waals surface area contributed by atoms with Crippen molar-refractivity contribution in [1.82, 2.24) is 0 Å². The molecule has 0 aromatic heterocycles. The van der Waals surface area contributed by atoms with Crippen LogP contribution in [0.5, 0.6) is 11.5 Å². The van der Waals surface area contributed by atoms with Crippen LogP contribution in [-0.4, -0.2) is 6.71 Å². The highest BCUT2D eigenvalue weighted by Crippen LogP contribution is 2.52. The number of rotatable bonds is 6. The molecule has 69 heavy (non-hydrogen) atoms. The van der Waals surface area contributed by atoms with Crippen molar-refractivity contribution in [3.05, 3.63) is 228 Å². The summed E-state index contributed by atoms with van der Waals surface area (Å²) in [5, 5.41) is 14.8. The summed E-state index contributed by atoms with van der Waals surface area (Å²) < 4.78 is 7.17. The average molecular weight is 884 g/mol. The minimum absolute atomic E-state index is 0.00400. The minimum atomic E-state index is -0.00400. The van der Waals surface area contributed by atoms with Crippen LogP contribution in [0.25, 0.3) is 75.8 Å². The lowest BCUT2D eigenvalue weighted by Crippen LogP contribution is -2.54. The summed E-state index contributed by atoms with van der Waals surface area (Å²) in [6, 6.07) is 72.5. The van der Waals surface area contributed by atoms with Gasteiger partial charge in [-0.1, -0.05) is 196 Å². The van der Waals surface area contributed by atoms with Crippen LogP contribution in [0, 0.1) is 41.5 Å². The van der Waals surface area contributed by atoms with Crippen LogP contribution in [0.2, 0.25) is 0 Å². The summed E-state index contributed by atoms with van der Waals surface area (Å²) in [6.07, 6.45) is 0. The number of nitrogens with zero attached hydrogens (tertiary/aromatic N) is 1. The lowest BCUT2D eigenvalue weighted by Gasteiger charge is -2.32. The number of ether oxygens (including phenoxy) is 1. The normalized spacial score (nSPS) is 12.0. The first-order chi connectivity index (χ1) is 33.7. The summed E-state index contributed by atoms with van der Waals surface area (Å²) in [4.78, 5) is 2.47. The van der Waals surface area contributed by atoms with E-state index in [9.17, 15) is 0 Å². The highest BCUT2D eigenvalue weighted by Gasteiger charge is 2.31. The van der Waals surface area contributed by atoms with E-state index in [0.717, 1.165) is 33.8 Å². The van der Waals surface area contributed by atoms with Crippen LogP contribution >= 0.6 is 0 Å². The van der Waals surface area contributed by atoms with Gasteiger partial charge in [-0.15, -0.1) is 0 Å². The number of fused-ring (bicyclic) bond motifs is 10. The lowest BCUT2D eigenvalue weighted by molar-refractivity contribution is 0.487. The van der Waals surface area contributed by atoms with Crippen LogP contribution < -0.4 is 26.0 Å². The van der Waals surface area contributed by atoms with E-state index in [4.69, 9.17) is 4.74 Å². The number of hydrogen-bond acceptors (Lipinski definition) is 2. The quantitative estimate of drug-likeness (QED) is 0.122. The second kappa shape index (κ2) is 15.7. The van der Waals surface area contributed by atoms with Crippen LogP contribution in [0.1, 0.15) is 33.4 Å². The molecule has 1 aliphatic heterocycles. The smallest absolute Gasteiger partial charge is 0.243 e. The van der Waals surface area contributed by atoms with Crippen molar-refractivity contribution < 1.29 is 4.74 Å². The van der Waals surface area contributed by atoms with Gasteiger partial charge in [0.05, 0.1) is 11.4 Å². The average Bonchev–Trinajstić information content (AvgIpc) is 3.35. The van der Waals surface area contributed by atoms with Crippen LogP contribution in [0.15, 0.2) is 194 Å². The predicted molar refractivity (Wildman–Crippen MR) is 298 cm³/mol. The van der Waals surface area contributed by atoms with Gasteiger partial charge in [-0.2, -0.15) is 0 Å². The van der Waals surface area contributed by atoms with E-state index in [0.29, 0.717) is 0 Å². The van der Waals surface area contributed by atoms with Gasteiger partial charge < -0.3 is 9.64 Å². The maximum absolute atomic E-state index is 7.17. The summed E-state index contributed by atoms with van der Waals surface area (Å²) in [5.41, 5.74) is 17.3. The fraction of sp³-hybridized carbons (Fsp3) is 0.0909. The molecule has 1 heterocycles. The Kier molecular flexibility index (Phi) is 9.36. The Balaban J connectivity index is 1.05. The molecule has 0 aliphatic carbocycles. The van der Waals surface area contributed by atoms with Gasteiger partial charge >= 0.3 is 0 Å². The van der Waals surface area contributed by atoms with Crippen molar-refractivity contribution in [2.45, 2.75) is 41.5 Å². The lowest BCUT2D eigenvalue weighted by atomic mass is 9.34. The molecule has 0 fully saturated rings. The molecule has 0 spiro atoms. The molecule has 1 aliphatic rings. The molecule has 0 saturated heterocycles. The Morgan fingerprint density at radius 2 is 0.928 bits per heavy atom. The molecule has 12 aromatic rings. The molecule has 328 valence electrons. The molecular formula is C66H50BNO. The van der Waals surface area contributed by atoms with Crippen molar-refractivity contribution >= 4 is 105 Å². The van der Waals surface area contributed by atoms with E-state index in [1.165, 1.54) is 120 Å². The third-order valence-corrected chi connectivity index (χ3v) is 15.0. The predicted octanol–water partition coefficient (Wildman–Crippen LogP) is 16.2. The van der Waals surface area contributed by atoms with Gasteiger partial charge in [0.25, 0.3) is 0 Å². The molecule has 0 radical (unpaired) electrons. The Hall–Kier alpha value is -8.14. The van der Waals surface area contributed by atoms with E-state index >= 15 is 0 Å². The largest absolute Gasteiger partial charge is 0.456 e. The maximum Gasteiger partial charge on any atom is 0.243 e. The topological polar surface area (TPSA) is 12.5 Å². The fourth-order valence-electron chi connectivity index (χ4n) is 12.4. The van der Waals surface area contributed by atoms with Crippen LogP contribution in [-0.2, 0) is 0 Å². The molecule has 0 atom stereocenters. The second-order valence-electron chi connectivity index (χ2n) is 19.6. The molecular weight excluding hydrogens is 834 g/mol. The summed E-state index contributed by atoms with van der Waals surface area (Å²) in [7, 11) is 0. The molecule has 12 aromatic carbocycles. The first-order valence-electron chi connectivity index (χ1n) is 24.3. The number of aryl methyl sites for hydroxylation is 6. The van der Waals surface area contributed by atoms with Crippen molar-refractivity contribution in [2.24, 2.45) is 0 Å². The number of anilines is 3. The third-order valence-electron chi connectivity index (χ3n) is 15.0.